The van der Waals surface area contributed by atoms with Crippen molar-refractivity contribution in [2.24, 2.45) is 4.99 Å². The van der Waals surface area contributed by atoms with E-state index in [0.29, 0.717) is 53.5 Å². The number of hydrogen-bond acceptors (Lipinski definition) is 9. The number of nitriles is 1. The molecule has 5 N–H and O–H groups in total. The summed E-state index contributed by atoms with van der Waals surface area (Å²) in [6.45, 7) is 1.08. The molecule has 1 saturated carbocycles. The third-order valence-electron chi connectivity index (χ3n) is 5.63. The highest BCUT2D eigenvalue weighted by molar-refractivity contribution is 6.10. The number of ether oxygens (including phenoxy) is 1. The third kappa shape index (κ3) is 4.85. The van der Waals surface area contributed by atoms with Crippen molar-refractivity contribution in [1.82, 2.24) is 15.6 Å². The first-order valence-electron chi connectivity index (χ1n) is 10.6. The number of aliphatic imine (C=N–C) groups is 1. The van der Waals surface area contributed by atoms with Crippen LogP contribution in [0.15, 0.2) is 34.8 Å². The lowest BCUT2D eigenvalue weighted by Gasteiger charge is -2.30. The molecule has 2 fully saturated rings. The van der Waals surface area contributed by atoms with Crippen molar-refractivity contribution >= 4 is 29.6 Å². The first-order valence-corrected chi connectivity index (χ1v) is 10.6. The molecule has 2 atom stereocenters. The molecule has 2 aliphatic heterocycles. The highest BCUT2D eigenvalue weighted by Gasteiger charge is 2.26. The lowest BCUT2D eigenvalue weighted by atomic mass is 9.93. The summed E-state index contributed by atoms with van der Waals surface area (Å²) in [5.74, 6) is 0.128. The Bertz CT molecular complexity index is 1040. The number of allylic oxidation sites excluding steroid dienone is 2. The zero-order valence-corrected chi connectivity index (χ0v) is 17.5. The second-order valence-corrected chi connectivity index (χ2v) is 8.01. The first-order chi connectivity index (χ1) is 15.6. The summed E-state index contributed by atoms with van der Waals surface area (Å²) >= 11 is 0. The lowest BCUT2D eigenvalue weighted by Crippen LogP contribution is -2.42. The molecule has 166 valence electrons. The van der Waals surface area contributed by atoms with Crippen molar-refractivity contribution in [1.29, 1.82) is 10.7 Å². The molecule has 2 unspecified atom stereocenters. The number of anilines is 1. The molecule has 1 aliphatic carbocycles. The molecule has 10 nitrogen and oxygen atoms in total. The van der Waals surface area contributed by atoms with E-state index in [-0.39, 0.29) is 24.1 Å². The van der Waals surface area contributed by atoms with Crippen LogP contribution in [0, 0.1) is 16.7 Å². The largest absolute Gasteiger partial charge is 0.393 e. The smallest absolute Gasteiger partial charge is 0.255 e. The topological polar surface area (TPSA) is 156 Å². The van der Waals surface area contributed by atoms with Crippen molar-refractivity contribution < 1.29 is 14.6 Å². The summed E-state index contributed by atoms with van der Waals surface area (Å²) in [5.41, 5.74) is 2.23. The van der Waals surface area contributed by atoms with Crippen LogP contribution in [0.5, 0.6) is 0 Å². The summed E-state index contributed by atoms with van der Waals surface area (Å²) in [6, 6.07) is 3.72. The van der Waals surface area contributed by atoms with Crippen molar-refractivity contribution in [3.8, 4) is 6.07 Å². The number of amides is 1. The molecule has 0 aromatic carbocycles. The lowest BCUT2D eigenvalue weighted by molar-refractivity contribution is 0.0210. The summed E-state index contributed by atoms with van der Waals surface area (Å²) < 4.78 is 5.24. The Balaban J connectivity index is 1.61. The number of aromatic nitrogens is 1. The predicted molar refractivity (Wildman–Crippen MR) is 119 cm³/mol. The van der Waals surface area contributed by atoms with E-state index in [4.69, 9.17) is 15.4 Å². The molecule has 3 heterocycles. The van der Waals surface area contributed by atoms with Gasteiger partial charge < -0.3 is 31.2 Å². The monoisotopic (exact) mass is 435 g/mol. The molecule has 0 spiro atoms. The van der Waals surface area contributed by atoms with Crippen LogP contribution in [0.1, 0.15) is 41.7 Å². The van der Waals surface area contributed by atoms with Gasteiger partial charge in [0.25, 0.3) is 5.91 Å². The fourth-order valence-corrected chi connectivity index (χ4v) is 3.83. The Morgan fingerprint density at radius 2 is 2.22 bits per heavy atom. The molecular weight excluding hydrogens is 410 g/mol. The van der Waals surface area contributed by atoms with E-state index >= 15 is 0 Å². The van der Waals surface area contributed by atoms with Gasteiger partial charge in [-0.15, -0.1) is 0 Å². The van der Waals surface area contributed by atoms with Crippen LogP contribution in [0.2, 0.25) is 0 Å². The molecule has 1 saturated heterocycles. The Labute approximate surface area is 185 Å². The number of nitrogens with zero attached hydrogens (tertiary/aromatic N) is 3. The molecular formula is C22H25N7O3. The highest BCUT2D eigenvalue weighted by Crippen LogP contribution is 2.25. The SMILES string of the molecule is N#CC1=CN/C(=C(\C=N)c2cc(NC3COC3)c(C(=O)NC3CCCC(O)C3)cn2)N=C1. The van der Waals surface area contributed by atoms with Crippen LogP contribution in [0.4, 0.5) is 5.69 Å². The number of carbonyl (C=O) groups excluding carboxylic acids is 1. The number of pyridine rings is 1. The number of aliphatic hydroxyl groups excluding tert-OH is 1. The van der Waals surface area contributed by atoms with Gasteiger partial charge in [0.05, 0.1) is 53.5 Å². The molecule has 4 rings (SSSR count). The minimum atomic E-state index is -0.389. The average Bonchev–Trinajstić information content (AvgIpc) is 2.77. The van der Waals surface area contributed by atoms with Crippen LogP contribution in [-0.2, 0) is 4.74 Å². The van der Waals surface area contributed by atoms with Gasteiger partial charge in [-0.3, -0.25) is 9.78 Å². The minimum absolute atomic E-state index is 0.0769. The van der Waals surface area contributed by atoms with E-state index in [1.165, 1.54) is 18.6 Å². The van der Waals surface area contributed by atoms with E-state index in [1.807, 2.05) is 6.07 Å². The molecule has 32 heavy (non-hydrogen) atoms. The van der Waals surface area contributed by atoms with Crippen LogP contribution in [0.25, 0.3) is 5.57 Å². The fourth-order valence-electron chi connectivity index (χ4n) is 3.83. The van der Waals surface area contributed by atoms with Crippen LogP contribution in [0.3, 0.4) is 0 Å². The van der Waals surface area contributed by atoms with Gasteiger partial charge in [0.15, 0.2) is 0 Å². The standard InChI is InChI=1S/C22H25N7O3/c23-6-13-8-26-21(27-9-13)17(7-24)19-5-20(28-15-11-32-12-15)18(10-25-19)22(31)29-14-2-1-3-16(30)4-14/h5,7-10,14-16,24,26,30H,1-4,11-12H2,(H,25,28)(H,29,31)/b21-17-,24-7?. The van der Waals surface area contributed by atoms with Crippen LogP contribution in [-0.4, -0.2) is 59.8 Å². The maximum atomic E-state index is 13.0. The first kappa shape index (κ1) is 21.7. The van der Waals surface area contributed by atoms with Gasteiger partial charge in [-0.2, -0.15) is 5.26 Å². The Morgan fingerprint density at radius 3 is 2.84 bits per heavy atom. The summed E-state index contributed by atoms with van der Waals surface area (Å²) in [6.07, 6.45) is 8.17. The maximum Gasteiger partial charge on any atom is 0.255 e. The van der Waals surface area contributed by atoms with Crippen LogP contribution >= 0.6 is 0 Å². The van der Waals surface area contributed by atoms with Crippen molar-refractivity contribution in [2.75, 3.05) is 18.5 Å². The molecule has 1 aromatic heterocycles. The van der Waals surface area contributed by atoms with Crippen LogP contribution < -0.4 is 16.0 Å². The highest BCUT2D eigenvalue weighted by atomic mass is 16.5. The number of rotatable bonds is 6. The summed E-state index contributed by atoms with van der Waals surface area (Å²) in [5, 5.41) is 36.0. The van der Waals surface area contributed by atoms with Crippen molar-refractivity contribution in [3.63, 3.8) is 0 Å². The molecule has 0 bridgehead atoms. The molecule has 10 heteroatoms. The second kappa shape index (κ2) is 9.72. The quantitative estimate of drug-likeness (QED) is 0.422. The van der Waals surface area contributed by atoms with Gasteiger partial charge in [0, 0.05) is 30.9 Å². The number of hydrogen-bond donors (Lipinski definition) is 5. The zero-order chi connectivity index (χ0) is 22.5. The predicted octanol–water partition coefficient (Wildman–Crippen LogP) is 1.33. The zero-order valence-electron chi connectivity index (χ0n) is 17.5. The molecule has 3 aliphatic rings. The second-order valence-electron chi connectivity index (χ2n) is 8.01. The normalized spacial score (nSPS) is 24.3. The summed E-state index contributed by atoms with van der Waals surface area (Å²) in [4.78, 5) is 21.6. The number of nitrogens with one attached hydrogen (secondary N) is 4. The van der Waals surface area contributed by atoms with E-state index in [9.17, 15) is 9.90 Å². The number of carbonyl (C=O) groups is 1. The van der Waals surface area contributed by atoms with Gasteiger partial charge in [-0.25, -0.2) is 4.99 Å². The van der Waals surface area contributed by atoms with E-state index in [1.54, 1.807) is 6.07 Å². The average molecular weight is 435 g/mol. The summed E-state index contributed by atoms with van der Waals surface area (Å²) in [7, 11) is 0. The van der Waals surface area contributed by atoms with Gasteiger partial charge >= 0.3 is 0 Å². The Morgan fingerprint density at radius 1 is 1.38 bits per heavy atom. The molecule has 0 radical (unpaired) electrons. The minimum Gasteiger partial charge on any atom is -0.393 e. The maximum absolute atomic E-state index is 13.0. The van der Waals surface area contributed by atoms with Gasteiger partial charge in [0.1, 0.15) is 11.9 Å². The Hall–Kier alpha value is -3.55. The molecule has 1 amide bonds. The fraction of sp³-hybridized carbons (Fsp3) is 0.409. The van der Waals surface area contributed by atoms with Gasteiger partial charge in [0.2, 0.25) is 0 Å². The number of aliphatic hydroxyl groups is 1. The molecule has 1 aromatic rings. The van der Waals surface area contributed by atoms with Gasteiger partial charge in [-0.05, 0) is 31.7 Å². The Kier molecular flexibility index (Phi) is 6.58. The third-order valence-corrected chi connectivity index (χ3v) is 5.63. The van der Waals surface area contributed by atoms with E-state index < -0.39 is 0 Å². The van der Waals surface area contributed by atoms with E-state index in [0.717, 1.165) is 25.5 Å². The van der Waals surface area contributed by atoms with Crippen molar-refractivity contribution in [2.45, 2.75) is 43.9 Å². The van der Waals surface area contributed by atoms with E-state index in [2.05, 4.69) is 25.9 Å². The van der Waals surface area contributed by atoms with Crippen molar-refractivity contribution in [3.05, 3.63) is 41.1 Å². The van der Waals surface area contributed by atoms with Gasteiger partial charge in [-0.1, -0.05) is 0 Å².